The molecule has 1 saturated heterocycles. The fourth-order valence-electron chi connectivity index (χ4n) is 3.97. The zero-order chi connectivity index (χ0) is 22.7. The average Bonchev–Trinajstić information content (AvgIpc) is 3.09. The molecule has 1 fully saturated rings. The highest BCUT2D eigenvalue weighted by molar-refractivity contribution is 5.98. The number of hydrogen-bond acceptors (Lipinski definition) is 2. The molecule has 0 saturated carbocycles. The highest BCUT2D eigenvalue weighted by Crippen LogP contribution is 2.25. The lowest BCUT2D eigenvalue weighted by Gasteiger charge is -2.15. The average molecular weight is 427 g/mol. The van der Waals surface area contributed by atoms with Crippen LogP contribution in [0.1, 0.15) is 58.4 Å². The van der Waals surface area contributed by atoms with Crippen molar-refractivity contribution in [2.24, 2.45) is 0 Å². The summed E-state index contributed by atoms with van der Waals surface area (Å²) in [5.41, 5.74) is 7.64. The maximum atomic E-state index is 12.9. The van der Waals surface area contributed by atoms with Crippen LogP contribution >= 0.6 is 0 Å². The van der Waals surface area contributed by atoms with Gasteiger partial charge in [0, 0.05) is 16.7 Å². The van der Waals surface area contributed by atoms with Crippen LogP contribution in [0.3, 0.4) is 0 Å². The first kappa shape index (κ1) is 21.5. The van der Waals surface area contributed by atoms with Crippen LogP contribution in [0.5, 0.6) is 0 Å². The SMILES string of the molecule is Cc1cccc(C(=O)N[C@@H]2C(=O)N/[N+](=C\c3ccc(C(C)C)cc3)[C@H]2c2ccccc2)c1. The molecule has 32 heavy (non-hydrogen) atoms. The number of hydrogen-bond donors (Lipinski definition) is 2. The lowest BCUT2D eigenvalue weighted by Crippen LogP contribution is -2.42. The van der Waals surface area contributed by atoms with E-state index in [9.17, 15) is 9.59 Å². The maximum Gasteiger partial charge on any atom is 0.304 e. The van der Waals surface area contributed by atoms with Gasteiger partial charge in [0.1, 0.15) is 0 Å². The second-order valence-electron chi connectivity index (χ2n) is 8.51. The van der Waals surface area contributed by atoms with Gasteiger partial charge in [0.15, 0.2) is 6.04 Å². The molecule has 2 N–H and O–H groups in total. The molecule has 4 rings (SSSR count). The van der Waals surface area contributed by atoms with Crippen molar-refractivity contribution in [1.29, 1.82) is 0 Å². The minimum atomic E-state index is -0.725. The molecule has 162 valence electrons. The zero-order valence-electron chi connectivity index (χ0n) is 18.6. The van der Waals surface area contributed by atoms with E-state index in [0.29, 0.717) is 11.5 Å². The Morgan fingerprint density at radius 3 is 2.38 bits per heavy atom. The van der Waals surface area contributed by atoms with Gasteiger partial charge in [-0.2, -0.15) is 0 Å². The maximum absolute atomic E-state index is 12.9. The number of carbonyl (C=O) groups excluding carboxylic acids is 2. The van der Waals surface area contributed by atoms with Crippen molar-refractivity contribution in [3.05, 3.63) is 107 Å². The third-order valence-electron chi connectivity index (χ3n) is 5.74. The number of hydrazone groups is 1. The van der Waals surface area contributed by atoms with Crippen LogP contribution in [0.25, 0.3) is 0 Å². The van der Waals surface area contributed by atoms with Crippen LogP contribution in [0.15, 0.2) is 78.9 Å². The number of aryl methyl sites for hydroxylation is 1. The van der Waals surface area contributed by atoms with E-state index in [1.165, 1.54) is 5.56 Å². The van der Waals surface area contributed by atoms with Gasteiger partial charge in [0.05, 0.1) is 0 Å². The predicted octanol–water partition coefficient (Wildman–Crippen LogP) is 4.13. The van der Waals surface area contributed by atoms with Crippen LogP contribution in [-0.4, -0.2) is 28.8 Å². The van der Waals surface area contributed by atoms with Crippen molar-refractivity contribution in [2.75, 3.05) is 0 Å². The molecule has 0 spiro atoms. The first-order chi connectivity index (χ1) is 15.4. The highest BCUT2D eigenvalue weighted by Gasteiger charge is 2.47. The first-order valence-electron chi connectivity index (χ1n) is 10.9. The fraction of sp³-hybridized carbons (Fsp3) is 0.222. The van der Waals surface area contributed by atoms with Gasteiger partial charge < -0.3 is 5.32 Å². The molecule has 1 heterocycles. The van der Waals surface area contributed by atoms with Crippen molar-refractivity contribution in [3.8, 4) is 0 Å². The summed E-state index contributed by atoms with van der Waals surface area (Å²) >= 11 is 0. The lowest BCUT2D eigenvalue weighted by atomic mass is 9.99. The van der Waals surface area contributed by atoms with Crippen LogP contribution in [0, 0.1) is 6.92 Å². The zero-order valence-corrected chi connectivity index (χ0v) is 18.6. The molecule has 2 atom stereocenters. The summed E-state index contributed by atoms with van der Waals surface area (Å²) in [6.45, 7) is 6.26. The molecule has 3 aromatic rings. The molecule has 0 aromatic heterocycles. The third kappa shape index (κ3) is 4.62. The standard InChI is InChI=1S/C27H27N3O2/c1-18(2)21-14-12-20(13-15-21)17-30-25(22-9-5-4-6-10-22)24(27(32)29-30)28-26(31)23-11-7-8-19(3)16-23/h4-18,24-25H,1-3H3,(H-,28,29,31,32)/p+1/b30-17-/t24-,25-/m0/s1. The highest BCUT2D eigenvalue weighted by atomic mass is 16.2. The molecule has 0 radical (unpaired) electrons. The predicted molar refractivity (Wildman–Crippen MR) is 126 cm³/mol. The normalized spacial score (nSPS) is 19.2. The van der Waals surface area contributed by atoms with Crippen LogP contribution < -0.4 is 10.7 Å². The molecule has 0 bridgehead atoms. The molecular formula is C27H28N3O2+. The Bertz CT molecular complexity index is 1150. The molecule has 3 aromatic carbocycles. The third-order valence-corrected chi connectivity index (χ3v) is 5.74. The van der Waals surface area contributed by atoms with Gasteiger partial charge >= 0.3 is 5.91 Å². The molecular weight excluding hydrogens is 398 g/mol. The van der Waals surface area contributed by atoms with Crippen molar-refractivity contribution < 1.29 is 14.3 Å². The molecule has 5 nitrogen and oxygen atoms in total. The molecule has 2 amide bonds. The monoisotopic (exact) mass is 426 g/mol. The first-order valence-corrected chi connectivity index (χ1v) is 10.9. The Hall–Kier alpha value is -3.73. The number of rotatable bonds is 5. The van der Waals surface area contributed by atoms with Gasteiger partial charge in [-0.15, -0.1) is 10.1 Å². The van der Waals surface area contributed by atoms with Crippen LogP contribution in [0.4, 0.5) is 0 Å². The Balaban J connectivity index is 1.67. The Kier molecular flexibility index (Phi) is 6.17. The van der Waals surface area contributed by atoms with E-state index in [1.54, 1.807) is 10.8 Å². The summed E-state index contributed by atoms with van der Waals surface area (Å²) in [5.74, 6) is -0.0540. The summed E-state index contributed by atoms with van der Waals surface area (Å²) in [6.07, 6.45) is 1.92. The largest absolute Gasteiger partial charge is 0.334 e. The second kappa shape index (κ2) is 9.18. The van der Waals surface area contributed by atoms with Crippen molar-refractivity contribution >= 4 is 18.0 Å². The van der Waals surface area contributed by atoms with E-state index in [4.69, 9.17) is 0 Å². The minimum Gasteiger partial charge on any atom is -0.334 e. The summed E-state index contributed by atoms with van der Waals surface area (Å²) < 4.78 is 1.79. The number of hydrazine groups is 1. The van der Waals surface area contributed by atoms with Gasteiger partial charge in [-0.3, -0.25) is 9.59 Å². The van der Waals surface area contributed by atoms with Crippen LogP contribution in [0.2, 0.25) is 0 Å². The van der Waals surface area contributed by atoms with Crippen molar-refractivity contribution in [2.45, 2.75) is 38.8 Å². The quantitative estimate of drug-likeness (QED) is 0.603. The van der Waals surface area contributed by atoms with Gasteiger partial charge in [0.25, 0.3) is 5.91 Å². The van der Waals surface area contributed by atoms with E-state index in [2.05, 4.69) is 36.7 Å². The summed E-state index contributed by atoms with van der Waals surface area (Å²) in [5, 5.41) is 2.95. The minimum absolute atomic E-state index is 0.241. The molecule has 1 aliphatic rings. The lowest BCUT2D eigenvalue weighted by molar-refractivity contribution is -0.596. The summed E-state index contributed by atoms with van der Waals surface area (Å²) in [7, 11) is 0. The summed E-state index contributed by atoms with van der Waals surface area (Å²) in [4.78, 5) is 25.9. The van der Waals surface area contributed by atoms with Gasteiger partial charge in [-0.25, -0.2) is 0 Å². The number of nitrogens with one attached hydrogen (secondary N) is 2. The van der Waals surface area contributed by atoms with E-state index < -0.39 is 6.04 Å². The smallest absolute Gasteiger partial charge is 0.304 e. The van der Waals surface area contributed by atoms with Gasteiger partial charge in [-0.05, 0) is 42.7 Å². The Morgan fingerprint density at radius 1 is 1.00 bits per heavy atom. The molecule has 1 aliphatic heterocycles. The molecule has 0 aliphatic carbocycles. The van der Waals surface area contributed by atoms with Crippen molar-refractivity contribution in [1.82, 2.24) is 10.7 Å². The number of benzene rings is 3. The fourth-order valence-corrected chi connectivity index (χ4v) is 3.97. The Morgan fingerprint density at radius 2 is 1.72 bits per heavy atom. The number of carbonyl (C=O) groups is 2. The summed E-state index contributed by atoms with van der Waals surface area (Å²) in [6, 6.07) is 24.3. The second-order valence-corrected chi connectivity index (χ2v) is 8.51. The van der Waals surface area contributed by atoms with Crippen LogP contribution in [-0.2, 0) is 4.79 Å². The van der Waals surface area contributed by atoms with Crippen molar-refractivity contribution in [3.63, 3.8) is 0 Å². The molecule has 5 heteroatoms. The van der Waals surface area contributed by atoms with E-state index in [0.717, 1.165) is 16.7 Å². The van der Waals surface area contributed by atoms with E-state index >= 15 is 0 Å². The van der Waals surface area contributed by atoms with E-state index in [1.807, 2.05) is 73.8 Å². The Labute approximate surface area is 188 Å². The van der Waals surface area contributed by atoms with E-state index in [-0.39, 0.29) is 17.9 Å². The molecule has 0 unspecified atom stereocenters. The number of amides is 2. The van der Waals surface area contributed by atoms with Gasteiger partial charge in [-0.1, -0.05) is 74.0 Å². The topological polar surface area (TPSA) is 61.2 Å². The van der Waals surface area contributed by atoms with Gasteiger partial charge in [0.2, 0.25) is 12.3 Å². The number of nitrogens with zero attached hydrogens (tertiary/aromatic N) is 1.